The molecule has 2 heteroatoms. The molecule has 1 N–H and O–H groups in total. The summed E-state index contributed by atoms with van der Waals surface area (Å²) in [4.78, 5) is 0. The molecular weight excluding hydrogens is 274 g/mol. The zero-order chi connectivity index (χ0) is 15.0. The second kappa shape index (κ2) is 5.63. The molecule has 0 spiro atoms. The molecule has 3 aromatic rings. The lowest BCUT2D eigenvalue weighted by atomic mass is 9.91. The molecule has 0 saturated heterocycles. The first-order chi connectivity index (χ1) is 10.1. The van der Waals surface area contributed by atoms with E-state index in [-0.39, 0.29) is 6.04 Å². The Bertz CT molecular complexity index is 785. The largest absolute Gasteiger partial charge is 0.309 e. The van der Waals surface area contributed by atoms with Crippen LogP contribution in [0.3, 0.4) is 0 Å². The Kier molecular flexibility index (Phi) is 3.83. The Labute approximate surface area is 130 Å². The van der Waals surface area contributed by atoms with E-state index in [1.807, 2.05) is 18.4 Å². The van der Waals surface area contributed by atoms with Crippen molar-refractivity contribution < 1.29 is 0 Å². The first-order valence-electron chi connectivity index (χ1n) is 7.33. The van der Waals surface area contributed by atoms with Gasteiger partial charge in [-0.2, -0.15) is 0 Å². The summed E-state index contributed by atoms with van der Waals surface area (Å²) < 4.78 is 1.36. The van der Waals surface area contributed by atoms with Crippen LogP contribution >= 0.6 is 11.3 Å². The normalized spacial score (nSPS) is 12.8. The van der Waals surface area contributed by atoms with Crippen LogP contribution in [0.2, 0.25) is 0 Å². The number of fused-ring (bicyclic) bond motifs is 1. The van der Waals surface area contributed by atoms with E-state index < -0.39 is 0 Å². The summed E-state index contributed by atoms with van der Waals surface area (Å²) in [7, 11) is 2.05. The topological polar surface area (TPSA) is 12.0 Å². The molecular formula is C19H21NS. The van der Waals surface area contributed by atoms with Gasteiger partial charge in [0.15, 0.2) is 0 Å². The Balaban J connectivity index is 2.17. The van der Waals surface area contributed by atoms with Crippen LogP contribution in [-0.2, 0) is 0 Å². The molecule has 0 radical (unpaired) electrons. The van der Waals surface area contributed by atoms with E-state index in [4.69, 9.17) is 0 Å². The lowest BCUT2D eigenvalue weighted by Crippen LogP contribution is -2.18. The second-order valence-corrected chi connectivity index (χ2v) is 6.61. The van der Waals surface area contributed by atoms with Crippen molar-refractivity contribution in [2.45, 2.75) is 26.8 Å². The van der Waals surface area contributed by atoms with Gasteiger partial charge < -0.3 is 5.32 Å². The maximum Gasteiger partial charge on any atom is 0.0591 e. The highest BCUT2D eigenvalue weighted by atomic mass is 32.1. The zero-order valence-corrected chi connectivity index (χ0v) is 13.8. The van der Waals surface area contributed by atoms with Gasteiger partial charge in [0, 0.05) is 4.70 Å². The minimum atomic E-state index is 0.250. The minimum absolute atomic E-state index is 0.250. The summed E-state index contributed by atoms with van der Waals surface area (Å²) in [6.07, 6.45) is 0. The van der Waals surface area contributed by atoms with Crippen LogP contribution in [-0.4, -0.2) is 7.05 Å². The van der Waals surface area contributed by atoms with Crippen LogP contribution in [0.25, 0.3) is 10.1 Å². The smallest absolute Gasteiger partial charge is 0.0591 e. The molecule has 1 aromatic heterocycles. The summed E-state index contributed by atoms with van der Waals surface area (Å²) in [6.45, 7) is 6.58. The van der Waals surface area contributed by atoms with E-state index in [9.17, 15) is 0 Å². The van der Waals surface area contributed by atoms with Gasteiger partial charge in [0.05, 0.1) is 6.04 Å². The fourth-order valence-corrected chi connectivity index (χ4v) is 3.98. The van der Waals surface area contributed by atoms with Gasteiger partial charge in [-0.3, -0.25) is 0 Å². The molecule has 2 aromatic carbocycles. The molecule has 0 saturated carbocycles. The van der Waals surface area contributed by atoms with Crippen LogP contribution in [0.4, 0.5) is 0 Å². The molecule has 0 bridgehead atoms. The summed E-state index contributed by atoms with van der Waals surface area (Å²) in [5, 5.41) is 7.16. The first kappa shape index (κ1) is 14.3. The number of aryl methyl sites for hydroxylation is 3. The summed E-state index contributed by atoms with van der Waals surface area (Å²) >= 11 is 1.83. The summed E-state index contributed by atoms with van der Waals surface area (Å²) in [6, 6.07) is 13.5. The Morgan fingerprint density at radius 3 is 2.38 bits per heavy atom. The predicted octanol–water partition coefficient (Wildman–Crippen LogP) is 5.14. The molecule has 1 heterocycles. The van der Waals surface area contributed by atoms with E-state index in [1.54, 1.807) is 0 Å². The van der Waals surface area contributed by atoms with Crippen molar-refractivity contribution >= 4 is 21.4 Å². The number of hydrogen-bond acceptors (Lipinski definition) is 2. The van der Waals surface area contributed by atoms with Gasteiger partial charge in [-0.15, -0.1) is 11.3 Å². The first-order valence-corrected chi connectivity index (χ1v) is 8.21. The lowest BCUT2D eigenvalue weighted by molar-refractivity contribution is 0.693. The molecule has 0 amide bonds. The Morgan fingerprint density at radius 2 is 1.62 bits per heavy atom. The maximum atomic E-state index is 3.51. The second-order valence-electron chi connectivity index (χ2n) is 5.70. The molecule has 0 aliphatic heterocycles. The predicted molar refractivity (Wildman–Crippen MR) is 93.4 cm³/mol. The summed E-state index contributed by atoms with van der Waals surface area (Å²) in [5.41, 5.74) is 6.83. The number of benzene rings is 2. The highest BCUT2D eigenvalue weighted by molar-refractivity contribution is 7.17. The minimum Gasteiger partial charge on any atom is -0.309 e. The third kappa shape index (κ3) is 2.50. The molecule has 1 nitrogen and oxygen atoms in total. The molecule has 0 fully saturated rings. The Hall–Kier alpha value is -1.64. The highest BCUT2D eigenvalue weighted by Gasteiger charge is 2.18. The zero-order valence-electron chi connectivity index (χ0n) is 13.0. The van der Waals surface area contributed by atoms with Crippen LogP contribution in [0, 0.1) is 20.8 Å². The van der Waals surface area contributed by atoms with Crippen molar-refractivity contribution in [2.75, 3.05) is 7.05 Å². The van der Waals surface area contributed by atoms with E-state index in [1.165, 1.54) is 37.9 Å². The number of hydrogen-bond donors (Lipinski definition) is 1. The SMILES string of the molecule is CNC(c1cc(C)c(C)cc1C)c1csc2ccccc12. The van der Waals surface area contributed by atoms with Crippen LogP contribution in [0.1, 0.15) is 33.9 Å². The number of nitrogens with one attached hydrogen (secondary N) is 1. The Morgan fingerprint density at radius 1 is 0.905 bits per heavy atom. The van der Waals surface area contributed by atoms with Gasteiger partial charge in [0.2, 0.25) is 0 Å². The van der Waals surface area contributed by atoms with Crippen molar-refractivity contribution in [1.29, 1.82) is 0 Å². The quantitative estimate of drug-likeness (QED) is 0.706. The van der Waals surface area contributed by atoms with Gasteiger partial charge >= 0.3 is 0 Å². The van der Waals surface area contributed by atoms with E-state index in [0.29, 0.717) is 0 Å². The van der Waals surface area contributed by atoms with Gasteiger partial charge in [0.25, 0.3) is 0 Å². The molecule has 1 atom stereocenters. The van der Waals surface area contributed by atoms with Gasteiger partial charge in [-0.1, -0.05) is 30.3 Å². The number of thiophene rings is 1. The maximum absolute atomic E-state index is 3.51. The molecule has 21 heavy (non-hydrogen) atoms. The van der Waals surface area contributed by atoms with Crippen molar-refractivity contribution in [3.8, 4) is 0 Å². The molecule has 0 aliphatic carbocycles. The van der Waals surface area contributed by atoms with Crippen molar-refractivity contribution in [1.82, 2.24) is 5.32 Å². The van der Waals surface area contributed by atoms with Crippen LogP contribution < -0.4 is 5.32 Å². The third-order valence-electron chi connectivity index (χ3n) is 4.30. The lowest BCUT2D eigenvalue weighted by Gasteiger charge is -2.20. The average molecular weight is 295 g/mol. The molecule has 0 aliphatic rings. The average Bonchev–Trinajstić information content (AvgIpc) is 2.89. The summed E-state index contributed by atoms with van der Waals surface area (Å²) in [5.74, 6) is 0. The molecule has 108 valence electrons. The van der Waals surface area contributed by atoms with E-state index >= 15 is 0 Å². The number of rotatable bonds is 3. The van der Waals surface area contributed by atoms with E-state index in [0.717, 1.165) is 0 Å². The molecule has 1 unspecified atom stereocenters. The van der Waals surface area contributed by atoms with Crippen molar-refractivity contribution in [2.24, 2.45) is 0 Å². The van der Waals surface area contributed by atoms with Crippen LogP contribution in [0.15, 0.2) is 41.8 Å². The van der Waals surface area contributed by atoms with Crippen LogP contribution in [0.5, 0.6) is 0 Å². The standard InChI is InChI=1S/C19H21NS/c1-12-9-14(3)16(10-13(12)2)19(20-4)17-11-21-18-8-6-5-7-15(17)18/h5-11,19-20H,1-4H3. The third-order valence-corrected chi connectivity index (χ3v) is 5.29. The monoisotopic (exact) mass is 295 g/mol. The van der Waals surface area contributed by atoms with Gasteiger partial charge in [-0.05, 0) is 72.5 Å². The van der Waals surface area contributed by atoms with Crippen molar-refractivity contribution in [3.05, 3.63) is 69.6 Å². The fourth-order valence-electron chi connectivity index (χ4n) is 2.99. The van der Waals surface area contributed by atoms with Gasteiger partial charge in [0.1, 0.15) is 0 Å². The highest BCUT2D eigenvalue weighted by Crippen LogP contribution is 2.35. The van der Waals surface area contributed by atoms with Gasteiger partial charge in [-0.25, -0.2) is 0 Å². The van der Waals surface area contributed by atoms with Crippen molar-refractivity contribution in [3.63, 3.8) is 0 Å². The fraction of sp³-hybridized carbons (Fsp3) is 0.263. The molecule has 3 rings (SSSR count). The van der Waals surface area contributed by atoms with E-state index in [2.05, 4.69) is 67.9 Å².